The van der Waals surface area contributed by atoms with Crippen molar-refractivity contribution in [3.05, 3.63) is 0 Å². The summed E-state index contributed by atoms with van der Waals surface area (Å²) in [6.07, 6.45) is -0.402. The molecule has 7 nitrogen and oxygen atoms in total. The number of hydrogen-bond acceptors (Lipinski definition) is 4. The molecule has 0 aromatic rings. The molecule has 0 fully saturated rings. The smallest absolute Gasteiger partial charge is 0.408 e. The Hall–Kier alpha value is -1.79. The Bertz CT molecular complexity index is 387. The highest BCUT2D eigenvalue weighted by atomic mass is 16.6. The van der Waals surface area contributed by atoms with E-state index in [9.17, 15) is 14.4 Å². The van der Waals surface area contributed by atoms with Gasteiger partial charge < -0.3 is 20.5 Å². The SMILES string of the molecule is CC(C)C[C@@H](NC(=O)[C@H](C)NC(=O)OC(C)(C)C)C(=O)O. The van der Waals surface area contributed by atoms with Crippen LogP contribution in [0.4, 0.5) is 4.79 Å². The minimum Gasteiger partial charge on any atom is -0.480 e. The average molecular weight is 302 g/mol. The Kier molecular flexibility index (Phi) is 7.18. The van der Waals surface area contributed by atoms with Crippen LogP contribution in [0.5, 0.6) is 0 Å². The molecule has 0 saturated heterocycles. The molecule has 0 aliphatic carbocycles. The van der Waals surface area contributed by atoms with Crippen molar-refractivity contribution < 1.29 is 24.2 Å². The monoisotopic (exact) mass is 302 g/mol. The first kappa shape index (κ1) is 19.2. The lowest BCUT2D eigenvalue weighted by Gasteiger charge is -2.23. The number of carbonyl (C=O) groups excluding carboxylic acids is 2. The molecule has 0 aliphatic heterocycles. The van der Waals surface area contributed by atoms with Gasteiger partial charge in [-0.15, -0.1) is 0 Å². The Balaban J connectivity index is 4.49. The van der Waals surface area contributed by atoms with Gasteiger partial charge in [0.15, 0.2) is 0 Å². The number of alkyl carbamates (subject to hydrolysis) is 1. The number of hydrogen-bond donors (Lipinski definition) is 3. The Morgan fingerprint density at radius 3 is 2.00 bits per heavy atom. The van der Waals surface area contributed by atoms with Gasteiger partial charge in [0.25, 0.3) is 0 Å². The van der Waals surface area contributed by atoms with Crippen molar-refractivity contribution in [2.24, 2.45) is 5.92 Å². The van der Waals surface area contributed by atoms with Gasteiger partial charge in [0.1, 0.15) is 17.7 Å². The molecule has 0 unspecified atom stereocenters. The molecule has 0 spiro atoms. The third-order valence-electron chi connectivity index (χ3n) is 2.45. The molecule has 0 bridgehead atoms. The third kappa shape index (κ3) is 8.88. The van der Waals surface area contributed by atoms with Crippen molar-refractivity contribution in [2.75, 3.05) is 0 Å². The number of nitrogens with one attached hydrogen (secondary N) is 2. The molecule has 7 heteroatoms. The first-order valence-electron chi connectivity index (χ1n) is 6.95. The lowest BCUT2D eigenvalue weighted by Crippen LogP contribution is -2.51. The molecule has 0 aromatic carbocycles. The fraction of sp³-hybridized carbons (Fsp3) is 0.786. The van der Waals surface area contributed by atoms with Crippen LogP contribution in [0.25, 0.3) is 0 Å². The summed E-state index contributed by atoms with van der Waals surface area (Å²) in [5.74, 6) is -1.53. The molecule has 122 valence electrons. The second kappa shape index (κ2) is 7.85. The highest BCUT2D eigenvalue weighted by Crippen LogP contribution is 2.07. The van der Waals surface area contributed by atoms with Crippen molar-refractivity contribution in [1.82, 2.24) is 10.6 Å². The number of carboxylic acids is 1. The van der Waals surface area contributed by atoms with E-state index in [1.165, 1.54) is 6.92 Å². The van der Waals surface area contributed by atoms with Crippen LogP contribution < -0.4 is 10.6 Å². The van der Waals surface area contributed by atoms with Crippen LogP contribution >= 0.6 is 0 Å². The van der Waals surface area contributed by atoms with Gasteiger partial charge in [-0.25, -0.2) is 9.59 Å². The van der Waals surface area contributed by atoms with Gasteiger partial charge in [-0.05, 0) is 40.0 Å². The molecular weight excluding hydrogens is 276 g/mol. The number of aliphatic carboxylic acids is 1. The normalized spacial score (nSPS) is 14.2. The second-order valence-corrected chi connectivity index (χ2v) is 6.40. The van der Waals surface area contributed by atoms with E-state index < -0.39 is 35.7 Å². The fourth-order valence-corrected chi connectivity index (χ4v) is 1.54. The molecule has 2 amide bonds. The van der Waals surface area contributed by atoms with Crippen molar-refractivity contribution in [3.8, 4) is 0 Å². The lowest BCUT2D eigenvalue weighted by molar-refractivity contribution is -0.142. The summed E-state index contributed by atoms with van der Waals surface area (Å²) in [6, 6.07) is -1.85. The first-order chi connectivity index (χ1) is 9.42. The molecular formula is C14H26N2O5. The van der Waals surface area contributed by atoms with E-state index in [1.807, 2.05) is 13.8 Å². The predicted molar refractivity (Wildman–Crippen MR) is 77.9 cm³/mol. The number of ether oxygens (including phenoxy) is 1. The molecule has 0 saturated carbocycles. The second-order valence-electron chi connectivity index (χ2n) is 6.40. The first-order valence-corrected chi connectivity index (χ1v) is 6.95. The Labute approximate surface area is 125 Å². The highest BCUT2D eigenvalue weighted by Gasteiger charge is 2.25. The molecule has 0 aromatic heterocycles. The average Bonchev–Trinajstić information content (AvgIpc) is 2.24. The molecule has 3 N–H and O–H groups in total. The number of amides is 2. The summed E-state index contributed by atoms with van der Waals surface area (Å²) in [7, 11) is 0. The molecule has 0 radical (unpaired) electrons. The predicted octanol–water partition coefficient (Wildman–Crippen LogP) is 1.52. The molecule has 21 heavy (non-hydrogen) atoms. The molecule has 0 aliphatic rings. The Morgan fingerprint density at radius 1 is 1.10 bits per heavy atom. The van der Waals surface area contributed by atoms with Crippen molar-refractivity contribution in [3.63, 3.8) is 0 Å². The molecule has 2 atom stereocenters. The minimum absolute atomic E-state index is 0.125. The van der Waals surface area contributed by atoms with E-state index in [0.717, 1.165) is 0 Å². The van der Waals surface area contributed by atoms with Crippen LogP contribution in [0.3, 0.4) is 0 Å². The van der Waals surface area contributed by atoms with Gasteiger partial charge in [-0.2, -0.15) is 0 Å². The Morgan fingerprint density at radius 2 is 1.62 bits per heavy atom. The maximum absolute atomic E-state index is 11.9. The van der Waals surface area contributed by atoms with Gasteiger partial charge >= 0.3 is 12.1 Å². The summed E-state index contributed by atoms with van der Waals surface area (Å²) in [5, 5.41) is 13.8. The largest absolute Gasteiger partial charge is 0.480 e. The summed E-state index contributed by atoms with van der Waals surface area (Å²) >= 11 is 0. The van der Waals surface area contributed by atoms with Crippen LogP contribution in [-0.4, -0.2) is 40.8 Å². The van der Waals surface area contributed by atoms with Crippen LogP contribution in [0.15, 0.2) is 0 Å². The zero-order valence-electron chi connectivity index (χ0n) is 13.5. The summed E-state index contributed by atoms with van der Waals surface area (Å²) in [6.45, 7) is 10.3. The van der Waals surface area contributed by atoms with E-state index in [0.29, 0.717) is 6.42 Å². The van der Waals surface area contributed by atoms with E-state index >= 15 is 0 Å². The summed E-state index contributed by atoms with van der Waals surface area (Å²) in [5.41, 5.74) is -0.665. The summed E-state index contributed by atoms with van der Waals surface area (Å²) in [4.78, 5) is 34.5. The summed E-state index contributed by atoms with van der Waals surface area (Å²) < 4.78 is 5.03. The minimum atomic E-state index is -1.10. The maximum atomic E-state index is 11.9. The third-order valence-corrected chi connectivity index (χ3v) is 2.45. The van der Waals surface area contributed by atoms with Gasteiger partial charge in [0.2, 0.25) is 5.91 Å². The number of rotatable bonds is 6. The maximum Gasteiger partial charge on any atom is 0.408 e. The fourth-order valence-electron chi connectivity index (χ4n) is 1.54. The van der Waals surface area contributed by atoms with E-state index in [-0.39, 0.29) is 5.92 Å². The van der Waals surface area contributed by atoms with Gasteiger partial charge in [-0.1, -0.05) is 13.8 Å². The zero-order chi connectivity index (χ0) is 16.8. The molecule has 0 heterocycles. The van der Waals surface area contributed by atoms with Crippen LogP contribution in [-0.2, 0) is 14.3 Å². The van der Waals surface area contributed by atoms with Crippen LogP contribution in [0.2, 0.25) is 0 Å². The number of carboxylic acid groups (broad SMARTS) is 1. The quantitative estimate of drug-likeness (QED) is 0.690. The van der Waals surface area contributed by atoms with Crippen molar-refractivity contribution in [2.45, 2.75) is 65.6 Å². The van der Waals surface area contributed by atoms with Crippen molar-refractivity contribution >= 4 is 18.0 Å². The van der Waals surface area contributed by atoms with Crippen LogP contribution in [0, 0.1) is 5.92 Å². The standard InChI is InChI=1S/C14H26N2O5/c1-8(2)7-10(12(18)19)16-11(17)9(3)15-13(20)21-14(4,5)6/h8-10H,7H2,1-6H3,(H,15,20)(H,16,17)(H,18,19)/t9-,10+/m0/s1. The van der Waals surface area contributed by atoms with E-state index in [1.54, 1.807) is 20.8 Å². The topological polar surface area (TPSA) is 105 Å². The number of carbonyl (C=O) groups is 3. The van der Waals surface area contributed by atoms with Crippen LogP contribution in [0.1, 0.15) is 48.0 Å². The van der Waals surface area contributed by atoms with E-state index in [4.69, 9.17) is 9.84 Å². The zero-order valence-corrected chi connectivity index (χ0v) is 13.5. The van der Waals surface area contributed by atoms with Gasteiger partial charge in [0, 0.05) is 0 Å². The van der Waals surface area contributed by atoms with Gasteiger partial charge in [0.05, 0.1) is 0 Å². The molecule has 0 rings (SSSR count). The lowest BCUT2D eigenvalue weighted by atomic mass is 10.0. The highest BCUT2D eigenvalue weighted by molar-refractivity contribution is 5.88. The van der Waals surface area contributed by atoms with Crippen molar-refractivity contribution in [1.29, 1.82) is 0 Å². The van der Waals surface area contributed by atoms with E-state index in [2.05, 4.69) is 10.6 Å². The van der Waals surface area contributed by atoms with Gasteiger partial charge in [-0.3, -0.25) is 4.79 Å².